The Morgan fingerprint density at radius 1 is 0.825 bits per heavy atom. The zero-order chi connectivity index (χ0) is 29.4. The molecule has 1 aliphatic rings. The van der Waals surface area contributed by atoms with Crippen LogP contribution >= 0.6 is 23.2 Å². The van der Waals surface area contributed by atoms with Gasteiger partial charge in [-0.15, -0.1) is 0 Å². The molecule has 1 aliphatic heterocycles. The Labute approximate surface area is 250 Å². The quantitative estimate of drug-likeness (QED) is 0.206. The lowest BCUT2D eigenvalue weighted by molar-refractivity contribution is 0.242. The maximum atomic E-state index is 6.64. The second-order valence-electron chi connectivity index (χ2n) is 12.6. The maximum absolute atomic E-state index is 6.64. The van der Waals surface area contributed by atoms with Gasteiger partial charge in [-0.2, -0.15) is 0 Å². The van der Waals surface area contributed by atoms with Crippen LogP contribution < -0.4 is 14.3 Å². The molecule has 1 atom stereocenters. The van der Waals surface area contributed by atoms with E-state index in [0.717, 1.165) is 17.8 Å². The van der Waals surface area contributed by atoms with Gasteiger partial charge in [-0.1, -0.05) is 99.4 Å². The monoisotopic (exact) mass is 577 g/mol. The third-order valence-corrected chi connectivity index (χ3v) is 8.62. The van der Waals surface area contributed by atoms with Crippen molar-refractivity contribution >= 4 is 40.9 Å². The maximum Gasteiger partial charge on any atom is 0.360 e. The van der Waals surface area contributed by atoms with Gasteiger partial charge in [0.1, 0.15) is 21.7 Å². The van der Waals surface area contributed by atoms with E-state index in [0.29, 0.717) is 27.6 Å². The summed E-state index contributed by atoms with van der Waals surface area (Å²) < 4.78 is 11.5. The molecule has 4 rings (SSSR count). The first-order valence-electron chi connectivity index (χ1n) is 14.3. The SMILES string of the molecule is CC(C)Oc1c(C=[N+]=C2N(c3c(C(C)C)cccc3C(C)C)C(C)(C)CC2(C)c2ccccc2)ccc(Cl)c1Cl. The van der Waals surface area contributed by atoms with Crippen molar-refractivity contribution < 1.29 is 4.74 Å². The van der Waals surface area contributed by atoms with E-state index < -0.39 is 0 Å². The smallest absolute Gasteiger partial charge is 0.360 e. The van der Waals surface area contributed by atoms with Crippen molar-refractivity contribution in [2.45, 2.75) is 97.6 Å². The zero-order valence-corrected chi connectivity index (χ0v) is 26.9. The van der Waals surface area contributed by atoms with Crippen LogP contribution in [0.1, 0.15) is 103 Å². The lowest BCUT2D eigenvalue weighted by Crippen LogP contribution is -2.45. The Kier molecular flexibility index (Phi) is 8.81. The molecule has 3 aromatic rings. The minimum atomic E-state index is -0.325. The lowest BCUT2D eigenvalue weighted by Gasteiger charge is -2.30. The molecule has 0 radical (unpaired) electrons. The summed E-state index contributed by atoms with van der Waals surface area (Å²) in [6, 6.07) is 21.2. The van der Waals surface area contributed by atoms with Crippen LogP contribution in [0, 0.1) is 0 Å². The highest BCUT2D eigenvalue weighted by Crippen LogP contribution is 2.50. The third-order valence-electron chi connectivity index (χ3n) is 7.83. The van der Waals surface area contributed by atoms with E-state index in [9.17, 15) is 0 Å². The van der Waals surface area contributed by atoms with Crippen LogP contribution in [0.4, 0.5) is 5.69 Å². The highest BCUT2D eigenvalue weighted by atomic mass is 35.5. The molecule has 5 heteroatoms. The molecule has 1 saturated heterocycles. The van der Waals surface area contributed by atoms with Crippen LogP contribution in [0.25, 0.3) is 0 Å². The Morgan fingerprint density at radius 3 is 1.98 bits per heavy atom. The summed E-state index contributed by atoms with van der Waals surface area (Å²) in [5.74, 6) is 2.29. The van der Waals surface area contributed by atoms with E-state index in [1.807, 2.05) is 26.1 Å². The third kappa shape index (κ3) is 5.70. The molecule has 0 spiro atoms. The second-order valence-corrected chi connectivity index (χ2v) is 13.4. The van der Waals surface area contributed by atoms with Crippen molar-refractivity contribution in [2.75, 3.05) is 4.90 Å². The Balaban J connectivity index is 2.08. The number of benzene rings is 3. The number of hydrogen-bond acceptors (Lipinski definition) is 1. The molecule has 40 heavy (non-hydrogen) atoms. The van der Waals surface area contributed by atoms with Crippen molar-refractivity contribution in [2.24, 2.45) is 0 Å². The first-order valence-corrected chi connectivity index (χ1v) is 15.1. The second kappa shape index (κ2) is 11.6. The van der Waals surface area contributed by atoms with Gasteiger partial charge < -0.3 is 4.74 Å². The normalized spacial score (nSPS) is 18.6. The first kappa shape index (κ1) is 30.3. The van der Waals surface area contributed by atoms with Gasteiger partial charge in [-0.3, -0.25) is 0 Å². The fourth-order valence-corrected chi connectivity index (χ4v) is 6.47. The summed E-state index contributed by atoms with van der Waals surface area (Å²) >= 11 is 13.0. The van der Waals surface area contributed by atoms with Gasteiger partial charge in [-0.05, 0) is 64.2 Å². The standard InChI is InChI=1S/C35H43Cl2N2O/c1-22(2)27-16-13-17-28(23(3)4)31(27)39-33(35(9,21-34(39,7)8)26-14-11-10-12-15-26)38-20-25-18-19-29(36)30(37)32(25)40-24(5)6/h10-20,22-24H,21H2,1-9H3/q+1. The largest absolute Gasteiger partial charge is 0.489 e. The number of rotatable bonds is 7. The van der Waals surface area contributed by atoms with Crippen LogP contribution in [0.2, 0.25) is 10.0 Å². The van der Waals surface area contributed by atoms with Crippen molar-refractivity contribution in [1.29, 1.82) is 0 Å². The molecule has 3 nitrogen and oxygen atoms in total. The fraction of sp³-hybridized carbons (Fsp3) is 0.429. The van der Waals surface area contributed by atoms with E-state index in [-0.39, 0.29) is 17.1 Å². The van der Waals surface area contributed by atoms with Crippen molar-refractivity contribution in [3.63, 3.8) is 0 Å². The van der Waals surface area contributed by atoms with Gasteiger partial charge in [0.15, 0.2) is 5.75 Å². The molecule has 0 aromatic heterocycles. The molecule has 3 aromatic carbocycles. The zero-order valence-electron chi connectivity index (χ0n) is 25.3. The van der Waals surface area contributed by atoms with Gasteiger partial charge in [-0.25, -0.2) is 9.57 Å². The minimum absolute atomic E-state index is 0.0567. The van der Waals surface area contributed by atoms with E-state index in [1.165, 1.54) is 22.4 Å². The Morgan fingerprint density at radius 2 is 1.43 bits per heavy atom. The fourth-order valence-electron chi connectivity index (χ4n) is 6.11. The molecule has 1 unspecified atom stereocenters. The molecular weight excluding hydrogens is 535 g/mol. The number of ether oxygens (including phenoxy) is 1. The minimum Gasteiger partial charge on any atom is -0.489 e. The molecule has 0 saturated carbocycles. The predicted molar refractivity (Wildman–Crippen MR) is 174 cm³/mol. The van der Waals surface area contributed by atoms with Crippen molar-refractivity contribution in [3.8, 4) is 5.75 Å². The van der Waals surface area contributed by atoms with Crippen molar-refractivity contribution in [1.82, 2.24) is 4.67 Å². The van der Waals surface area contributed by atoms with Gasteiger partial charge >= 0.3 is 5.84 Å². The van der Waals surface area contributed by atoms with E-state index in [2.05, 4.69) is 102 Å². The number of amidine groups is 1. The Hall–Kier alpha value is -2.71. The summed E-state index contributed by atoms with van der Waals surface area (Å²) in [4.78, 5) is 2.52. The average Bonchev–Trinajstić information content (AvgIpc) is 3.10. The number of anilines is 1. The van der Waals surface area contributed by atoms with Crippen LogP contribution in [0.3, 0.4) is 0 Å². The lowest BCUT2D eigenvalue weighted by atomic mass is 9.77. The van der Waals surface area contributed by atoms with E-state index >= 15 is 0 Å². The van der Waals surface area contributed by atoms with Gasteiger partial charge in [0.25, 0.3) is 0 Å². The molecule has 1 fully saturated rings. The van der Waals surface area contributed by atoms with Crippen LogP contribution in [0.5, 0.6) is 5.75 Å². The molecular formula is C35H43Cl2N2O+. The van der Waals surface area contributed by atoms with Gasteiger partial charge in [0.05, 0.1) is 16.7 Å². The van der Waals surface area contributed by atoms with Gasteiger partial charge in [0.2, 0.25) is 6.21 Å². The molecule has 0 aliphatic carbocycles. The number of nitrogens with zero attached hydrogens (tertiary/aromatic N) is 2. The summed E-state index contributed by atoms with van der Waals surface area (Å²) in [7, 11) is 0. The Bertz CT molecular complexity index is 1410. The molecule has 1 heterocycles. The van der Waals surface area contributed by atoms with Crippen LogP contribution in [-0.2, 0) is 5.41 Å². The van der Waals surface area contributed by atoms with Gasteiger partial charge in [0, 0.05) is 17.5 Å². The number of hydrogen-bond donors (Lipinski definition) is 0. The summed E-state index contributed by atoms with van der Waals surface area (Å²) in [6.07, 6.45) is 2.76. The highest BCUT2D eigenvalue weighted by Gasteiger charge is 2.61. The average molecular weight is 579 g/mol. The summed E-state index contributed by atoms with van der Waals surface area (Å²) in [5.41, 5.74) is 5.48. The van der Waals surface area contributed by atoms with Crippen LogP contribution in [-0.4, -0.2) is 23.7 Å². The number of halogens is 2. The summed E-state index contributed by atoms with van der Waals surface area (Å²) in [6.45, 7) is 20.1. The first-order chi connectivity index (χ1) is 18.8. The molecule has 0 amide bonds. The number of para-hydroxylation sites is 1. The predicted octanol–water partition coefficient (Wildman–Crippen LogP) is 9.56. The topological polar surface area (TPSA) is 26.6 Å². The van der Waals surface area contributed by atoms with Crippen molar-refractivity contribution in [3.05, 3.63) is 93.0 Å². The summed E-state index contributed by atoms with van der Waals surface area (Å²) in [5, 5.41) is 0.873. The molecule has 0 bridgehead atoms. The molecule has 0 N–H and O–H groups in total. The van der Waals surface area contributed by atoms with E-state index in [4.69, 9.17) is 32.6 Å². The molecule has 212 valence electrons. The van der Waals surface area contributed by atoms with Crippen LogP contribution in [0.15, 0.2) is 60.7 Å². The highest BCUT2D eigenvalue weighted by molar-refractivity contribution is 6.43. The van der Waals surface area contributed by atoms with E-state index in [1.54, 1.807) is 6.07 Å².